The molecule has 0 aliphatic carbocycles. The molecule has 1 heterocycles. The molecule has 1 unspecified atom stereocenters. The highest BCUT2D eigenvalue weighted by molar-refractivity contribution is 8.07. The van der Waals surface area contributed by atoms with E-state index in [2.05, 4.69) is 0 Å². The zero-order valence-electron chi connectivity index (χ0n) is 9.12. The normalized spacial score (nSPS) is 20.2. The summed E-state index contributed by atoms with van der Waals surface area (Å²) in [7, 11) is 0. The SMILES string of the molecule is O=C(Cc1ccc(Cl)cc1Cl)C1CSCCS1. The average Bonchev–Trinajstić information content (AvgIpc) is 2.34. The van der Waals surface area contributed by atoms with E-state index in [0.29, 0.717) is 16.5 Å². The van der Waals surface area contributed by atoms with Crippen LogP contribution in [0.1, 0.15) is 5.56 Å². The largest absolute Gasteiger partial charge is 0.298 e. The molecule has 0 radical (unpaired) electrons. The van der Waals surface area contributed by atoms with Gasteiger partial charge in [-0.3, -0.25) is 4.79 Å². The summed E-state index contributed by atoms with van der Waals surface area (Å²) in [6.07, 6.45) is 0.411. The van der Waals surface area contributed by atoms with Crippen LogP contribution in [0.4, 0.5) is 0 Å². The van der Waals surface area contributed by atoms with Crippen LogP contribution in [0.25, 0.3) is 0 Å². The Hall–Kier alpha value is 0.170. The first-order valence-corrected chi connectivity index (χ1v) is 8.29. The van der Waals surface area contributed by atoms with E-state index in [1.165, 1.54) is 0 Å². The van der Waals surface area contributed by atoms with Gasteiger partial charge in [0, 0.05) is 33.7 Å². The number of benzene rings is 1. The monoisotopic (exact) mass is 306 g/mol. The number of hydrogen-bond donors (Lipinski definition) is 0. The summed E-state index contributed by atoms with van der Waals surface area (Å²) in [4.78, 5) is 12.1. The maximum atomic E-state index is 12.1. The van der Waals surface area contributed by atoms with Crippen LogP contribution >= 0.6 is 46.7 Å². The number of halogens is 2. The second-order valence-electron chi connectivity index (χ2n) is 3.81. The summed E-state index contributed by atoms with van der Waals surface area (Å²) in [6, 6.07) is 5.30. The first-order valence-electron chi connectivity index (χ1n) is 5.33. The van der Waals surface area contributed by atoms with Crippen LogP contribution in [0.3, 0.4) is 0 Å². The molecule has 17 heavy (non-hydrogen) atoms. The Bertz CT molecular complexity index is 417. The molecular weight excluding hydrogens is 295 g/mol. The Morgan fingerprint density at radius 2 is 2.18 bits per heavy atom. The number of thioether (sulfide) groups is 2. The molecule has 2 rings (SSSR count). The summed E-state index contributed by atoms with van der Waals surface area (Å²) in [5.41, 5.74) is 0.872. The summed E-state index contributed by atoms with van der Waals surface area (Å²) in [5, 5.41) is 1.31. The smallest absolute Gasteiger partial charge is 0.151 e. The first kappa shape index (κ1) is 13.6. The molecule has 1 atom stereocenters. The van der Waals surface area contributed by atoms with E-state index in [1.54, 1.807) is 23.9 Å². The van der Waals surface area contributed by atoms with Gasteiger partial charge < -0.3 is 0 Å². The van der Waals surface area contributed by atoms with Crippen molar-refractivity contribution in [2.75, 3.05) is 17.3 Å². The van der Waals surface area contributed by atoms with Crippen LogP contribution in [0.15, 0.2) is 18.2 Å². The number of rotatable bonds is 3. The van der Waals surface area contributed by atoms with Crippen molar-refractivity contribution in [1.82, 2.24) is 0 Å². The van der Waals surface area contributed by atoms with Crippen molar-refractivity contribution in [3.63, 3.8) is 0 Å². The quantitative estimate of drug-likeness (QED) is 0.841. The minimum absolute atomic E-state index is 0.125. The Kier molecular flexibility index (Phi) is 5.10. The van der Waals surface area contributed by atoms with Crippen LogP contribution in [-0.2, 0) is 11.2 Å². The molecule has 1 aliphatic rings. The van der Waals surface area contributed by atoms with Crippen LogP contribution in [0, 0.1) is 0 Å². The van der Waals surface area contributed by atoms with E-state index in [-0.39, 0.29) is 11.0 Å². The van der Waals surface area contributed by atoms with Gasteiger partial charge in [-0.2, -0.15) is 11.8 Å². The van der Waals surface area contributed by atoms with Gasteiger partial charge in [-0.15, -0.1) is 11.8 Å². The molecule has 0 amide bonds. The standard InChI is InChI=1S/C12H12Cl2OS2/c13-9-2-1-8(10(14)6-9)5-11(15)12-7-16-3-4-17-12/h1-2,6,12H,3-5,7H2. The Morgan fingerprint density at radius 1 is 1.35 bits per heavy atom. The fourth-order valence-corrected chi connectivity index (χ4v) is 4.77. The lowest BCUT2D eigenvalue weighted by molar-refractivity contribution is -0.117. The molecule has 1 aliphatic heterocycles. The van der Waals surface area contributed by atoms with E-state index < -0.39 is 0 Å². The Morgan fingerprint density at radius 3 is 2.82 bits per heavy atom. The summed E-state index contributed by atoms with van der Waals surface area (Å²) in [6.45, 7) is 0. The topological polar surface area (TPSA) is 17.1 Å². The molecular formula is C12H12Cl2OS2. The van der Waals surface area contributed by atoms with Crippen LogP contribution in [0.5, 0.6) is 0 Å². The minimum atomic E-state index is 0.125. The van der Waals surface area contributed by atoms with E-state index >= 15 is 0 Å². The molecule has 1 saturated heterocycles. The highest BCUT2D eigenvalue weighted by Crippen LogP contribution is 2.27. The van der Waals surface area contributed by atoms with E-state index in [9.17, 15) is 4.79 Å². The fraction of sp³-hybridized carbons (Fsp3) is 0.417. The molecule has 1 nitrogen and oxygen atoms in total. The second kappa shape index (κ2) is 6.37. The van der Waals surface area contributed by atoms with Crippen molar-refractivity contribution in [2.24, 2.45) is 0 Å². The maximum absolute atomic E-state index is 12.1. The van der Waals surface area contributed by atoms with Gasteiger partial charge in [0.15, 0.2) is 5.78 Å². The molecule has 92 valence electrons. The third-order valence-corrected chi connectivity index (χ3v) is 5.94. The fourth-order valence-electron chi connectivity index (χ4n) is 1.64. The van der Waals surface area contributed by atoms with Gasteiger partial charge in [-0.05, 0) is 17.7 Å². The maximum Gasteiger partial charge on any atom is 0.151 e. The van der Waals surface area contributed by atoms with Crippen molar-refractivity contribution in [3.05, 3.63) is 33.8 Å². The van der Waals surface area contributed by atoms with Gasteiger partial charge in [0.2, 0.25) is 0 Å². The lowest BCUT2D eigenvalue weighted by Crippen LogP contribution is -2.25. The highest BCUT2D eigenvalue weighted by Gasteiger charge is 2.22. The van der Waals surface area contributed by atoms with Gasteiger partial charge in [0.25, 0.3) is 0 Å². The van der Waals surface area contributed by atoms with Crippen LogP contribution in [-0.4, -0.2) is 28.3 Å². The average molecular weight is 307 g/mol. The molecule has 1 fully saturated rings. The zero-order chi connectivity index (χ0) is 12.3. The first-order chi connectivity index (χ1) is 8.16. The lowest BCUT2D eigenvalue weighted by atomic mass is 10.1. The molecule has 0 spiro atoms. The number of Topliss-reactive ketones (excluding diaryl/α,β-unsaturated/α-hetero) is 1. The summed E-state index contributed by atoms with van der Waals surface area (Å²) in [5.74, 6) is 3.41. The Balaban J connectivity index is 2.02. The minimum Gasteiger partial charge on any atom is -0.298 e. The molecule has 5 heteroatoms. The van der Waals surface area contributed by atoms with Gasteiger partial charge in [-0.1, -0.05) is 29.3 Å². The lowest BCUT2D eigenvalue weighted by Gasteiger charge is -2.19. The molecule has 0 aromatic heterocycles. The van der Waals surface area contributed by atoms with Crippen molar-refractivity contribution in [1.29, 1.82) is 0 Å². The molecule has 1 aromatic rings. The van der Waals surface area contributed by atoms with Gasteiger partial charge in [0.05, 0.1) is 5.25 Å². The van der Waals surface area contributed by atoms with Gasteiger partial charge in [0.1, 0.15) is 0 Å². The zero-order valence-corrected chi connectivity index (χ0v) is 12.3. The molecule has 1 aromatic carbocycles. The van der Waals surface area contributed by atoms with Crippen molar-refractivity contribution in [3.8, 4) is 0 Å². The van der Waals surface area contributed by atoms with Crippen LogP contribution in [0.2, 0.25) is 10.0 Å². The van der Waals surface area contributed by atoms with Crippen molar-refractivity contribution < 1.29 is 4.79 Å². The molecule has 0 N–H and O–H groups in total. The third-order valence-electron chi connectivity index (χ3n) is 2.55. The predicted octanol–water partition coefficient (Wildman–Crippen LogP) is 3.95. The van der Waals surface area contributed by atoms with E-state index in [0.717, 1.165) is 22.8 Å². The number of ketones is 1. The second-order valence-corrected chi connectivity index (χ2v) is 7.12. The molecule has 0 saturated carbocycles. The van der Waals surface area contributed by atoms with Crippen molar-refractivity contribution >= 4 is 52.5 Å². The predicted molar refractivity (Wildman–Crippen MR) is 78.7 cm³/mol. The molecule has 0 bridgehead atoms. The van der Waals surface area contributed by atoms with E-state index in [4.69, 9.17) is 23.2 Å². The van der Waals surface area contributed by atoms with Gasteiger partial charge >= 0.3 is 0 Å². The number of carbonyl (C=O) groups is 1. The summed E-state index contributed by atoms with van der Waals surface area (Å²) < 4.78 is 0. The number of carbonyl (C=O) groups excluding carboxylic acids is 1. The van der Waals surface area contributed by atoms with E-state index in [1.807, 2.05) is 17.8 Å². The Labute approximate surface area is 120 Å². The number of hydrogen-bond acceptors (Lipinski definition) is 3. The highest BCUT2D eigenvalue weighted by atomic mass is 35.5. The van der Waals surface area contributed by atoms with Crippen molar-refractivity contribution in [2.45, 2.75) is 11.7 Å². The third kappa shape index (κ3) is 3.82. The van der Waals surface area contributed by atoms with Crippen LogP contribution < -0.4 is 0 Å². The van der Waals surface area contributed by atoms with Gasteiger partial charge in [-0.25, -0.2) is 0 Å². The summed E-state index contributed by atoms with van der Waals surface area (Å²) >= 11 is 15.5.